The molecule has 0 aliphatic carbocycles. The van der Waals surface area contributed by atoms with Crippen LogP contribution in [-0.4, -0.2) is 32.6 Å². The number of halogens is 3. The summed E-state index contributed by atoms with van der Waals surface area (Å²) < 4.78 is 40.5. The first kappa shape index (κ1) is 15.7. The number of carbonyl (C=O) groups is 1. The zero-order valence-electron chi connectivity index (χ0n) is 11.3. The van der Waals surface area contributed by atoms with Gasteiger partial charge in [-0.25, -0.2) is 9.78 Å². The minimum absolute atomic E-state index is 0.0372. The van der Waals surface area contributed by atoms with Crippen LogP contribution < -0.4 is 0 Å². The molecule has 0 saturated heterocycles. The number of aromatic nitrogens is 2. The highest BCUT2D eigenvalue weighted by molar-refractivity contribution is 7.98. The molecule has 2 rings (SSSR count). The van der Waals surface area contributed by atoms with Crippen LogP contribution in [0.4, 0.5) is 13.2 Å². The summed E-state index contributed by atoms with van der Waals surface area (Å²) in [6.45, 7) is 1.68. The molecule has 8 heteroatoms. The quantitative estimate of drug-likeness (QED) is 0.934. The average Bonchev–Trinajstić information content (AvgIpc) is 2.77. The summed E-state index contributed by atoms with van der Waals surface area (Å²) >= 11 is 1.43. The van der Waals surface area contributed by atoms with Crippen molar-refractivity contribution < 1.29 is 23.1 Å². The predicted molar refractivity (Wildman–Crippen MR) is 74.8 cm³/mol. The second kappa shape index (κ2) is 5.59. The molecule has 1 aromatic heterocycles. The van der Waals surface area contributed by atoms with E-state index in [0.717, 1.165) is 10.6 Å². The molecule has 1 aromatic carbocycles. The smallest absolute Gasteiger partial charge is 0.449 e. The topological polar surface area (TPSA) is 55.1 Å². The molecule has 114 valence electrons. The standard InChI is InChI=1S/C13H13F3N2O2S/c1-7(6-21-2)18-10-4-3-8(11(19)20)5-9(10)17-12(18)13(14,15)16/h3-5,7H,6H2,1-2H3,(H,19,20). The van der Waals surface area contributed by atoms with E-state index in [9.17, 15) is 18.0 Å². The molecular formula is C13H13F3N2O2S. The van der Waals surface area contributed by atoms with E-state index >= 15 is 0 Å². The molecule has 21 heavy (non-hydrogen) atoms. The monoisotopic (exact) mass is 318 g/mol. The second-order valence-corrected chi connectivity index (χ2v) is 5.53. The van der Waals surface area contributed by atoms with Crippen molar-refractivity contribution in [3.8, 4) is 0 Å². The lowest BCUT2D eigenvalue weighted by Crippen LogP contribution is -2.19. The lowest BCUT2D eigenvalue weighted by Gasteiger charge is -2.17. The third kappa shape index (κ3) is 2.99. The number of nitrogens with zero attached hydrogens (tertiary/aromatic N) is 2. The van der Waals surface area contributed by atoms with Crippen LogP contribution in [0.1, 0.15) is 29.1 Å². The molecule has 4 nitrogen and oxygen atoms in total. The van der Waals surface area contributed by atoms with Gasteiger partial charge >= 0.3 is 12.1 Å². The number of alkyl halides is 3. The molecule has 1 N–H and O–H groups in total. The number of rotatable bonds is 4. The Labute approximate surface area is 123 Å². The van der Waals surface area contributed by atoms with Gasteiger partial charge in [0.1, 0.15) is 0 Å². The number of benzene rings is 1. The number of imidazole rings is 1. The molecule has 0 amide bonds. The Morgan fingerprint density at radius 2 is 2.14 bits per heavy atom. The largest absolute Gasteiger partial charge is 0.478 e. The van der Waals surface area contributed by atoms with Crippen LogP contribution in [0.15, 0.2) is 18.2 Å². The normalized spacial score (nSPS) is 13.6. The van der Waals surface area contributed by atoms with Crippen molar-refractivity contribution in [2.75, 3.05) is 12.0 Å². The first-order valence-electron chi connectivity index (χ1n) is 6.07. The molecule has 1 atom stereocenters. The fourth-order valence-electron chi connectivity index (χ4n) is 2.19. The Morgan fingerprint density at radius 3 is 2.67 bits per heavy atom. The third-order valence-electron chi connectivity index (χ3n) is 3.04. The van der Waals surface area contributed by atoms with Gasteiger partial charge < -0.3 is 9.67 Å². The number of aromatic carboxylic acids is 1. The maximum Gasteiger partial charge on any atom is 0.449 e. The zero-order chi connectivity index (χ0) is 15.8. The summed E-state index contributed by atoms with van der Waals surface area (Å²) in [6.07, 6.45) is -2.78. The Balaban J connectivity index is 2.69. The SMILES string of the molecule is CSCC(C)n1c(C(F)(F)F)nc2cc(C(=O)O)ccc21. The minimum Gasteiger partial charge on any atom is -0.478 e. The number of carboxylic acid groups (broad SMARTS) is 1. The predicted octanol–water partition coefficient (Wildman–Crippen LogP) is 3.68. The van der Waals surface area contributed by atoms with Crippen LogP contribution in [-0.2, 0) is 6.18 Å². The number of hydrogen-bond acceptors (Lipinski definition) is 3. The van der Waals surface area contributed by atoms with Gasteiger partial charge in [-0.05, 0) is 31.4 Å². The zero-order valence-corrected chi connectivity index (χ0v) is 12.1. The summed E-state index contributed by atoms with van der Waals surface area (Å²) in [7, 11) is 0. The summed E-state index contributed by atoms with van der Waals surface area (Å²) in [4.78, 5) is 14.5. The molecule has 0 saturated carbocycles. The highest BCUT2D eigenvalue weighted by Gasteiger charge is 2.38. The maximum absolute atomic E-state index is 13.1. The van der Waals surface area contributed by atoms with Gasteiger partial charge in [0.15, 0.2) is 0 Å². The highest BCUT2D eigenvalue weighted by atomic mass is 32.2. The van der Waals surface area contributed by atoms with Gasteiger partial charge in [-0.3, -0.25) is 0 Å². The van der Waals surface area contributed by atoms with Crippen molar-refractivity contribution in [2.24, 2.45) is 0 Å². The van der Waals surface area contributed by atoms with E-state index < -0.39 is 24.0 Å². The van der Waals surface area contributed by atoms with Crippen molar-refractivity contribution in [3.05, 3.63) is 29.6 Å². The van der Waals surface area contributed by atoms with Crippen LogP contribution in [0, 0.1) is 0 Å². The van der Waals surface area contributed by atoms with Crippen molar-refractivity contribution >= 4 is 28.8 Å². The first-order valence-corrected chi connectivity index (χ1v) is 7.46. The van der Waals surface area contributed by atoms with Crippen LogP contribution in [0.2, 0.25) is 0 Å². The van der Waals surface area contributed by atoms with Gasteiger partial charge in [0, 0.05) is 11.8 Å². The molecule has 1 heterocycles. The molecular weight excluding hydrogens is 305 g/mol. The Bertz CT molecular complexity index is 682. The van der Waals surface area contributed by atoms with E-state index in [-0.39, 0.29) is 16.6 Å². The summed E-state index contributed by atoms with van der Waals surface area (Å²) in [6, 6.07) is 3.42. The highest BCUT2D eigenvalue weighted by Crippen LogP contribution is 2.34. The number of carboxylic acids is 1. The van der Waals surface area contributed by atoms with E-state index in [1.807, 2.05) is 6.26 Å². The number of fused-ring (bicyclic) bond motifs is 1. The van der Waals surface area contributed by atoms with E-state index in [0.29, 0.717) is 5.75 Å². The van der Waals surface area contributed by atoms with E-state index in [1.54, 1.807) is 6.92 Å². The van der Waals surface area contributed by atoms with Crippen molar-refractivity contribution in [1.29, 1.82) is 0 Å². The molecule has 0 bridgehead atoms. The average molecular weight is 318 g/mol. The third-order valence-corrected chi connectivity index (χ3v) is 3.85. The van der Waals surface area contributed by atoms with Crippen LogP contribution in [0.25, 0.3) is 11.0 Å². The first-order chi connectivity index (χ1) is 9.75. The Hall–Kier alpha value is -1.70. The van der Waals surface area contributed by atoms with Gasteiger partial charge in [0.25, 0.3) is 0 Å². The summed E-state index contributed by atoms with van der Waals surface area (Å²) in [5.74, 6) is -1.70. The van der Waals surface area contributed by atoms with E-state index in [4.69, 9.17) is 5.11 Å². The molecule has 0 aliphatic heterocycles. The molecule has 0 spiro atoms. The molecule has 1 unspecified atom stereocenters. The number of thioether (sulfide) groups is 1. The van der Waals surface area contributed by atoms with Gasteiger partial charge in [-0.2, -0.15) is 24.9 Å². The fraction of sp³-hybridized carbons (Fsp3) is 0.385. The van der Waals surface area contributed by atoms with E-state index in [2.05, 4.69) is 4.98 Å². The Kier molecular flexibility index (Phi) is 4.18. The van der Waals surface area contributed by atoms with Crippen LogP contribution in [0.3, 0.4) is 0 Å². The van der Waals surface area contributed by atoms with E-state index in [1.165, 1.54) is 23.9 Å². The summed E-state index contributed by atoms with van der Waals surface area (Å²) in [5, 5.41) is 8.91. The van der Waals surface area contributed by atoms with Crippen molar-refractivity contribution in [3.63, 3.8) is 0 Å². The lowest BCUT2D eigenvalue weighted by molar-refractivity contribution is -0.147. The van der Waals surface area contributed by atoms with Crippen molar-refractivity contribution in [2.45, 2.75) is 19.1 Å². The second-order valence-electron chi connectivity index (χ2n) is 4.62. The van der Waals surface area contributed by atoms with Gasteiger partial charge in [-0.15, -0.1) is 0 Å². The van der Waals surface area contributed by atoms with Gasteiger partial charge in [-0.1, -0.05) is 0 Å². The molecule has 0 fully saturated rings. The molecule has 0 radical (unpaired) electrons. The number of hydrogen-bond donors (Lipinski definition) is 1. The molecule has 0 aliphatic rings. The van der Waals surface area contributed by atoms with Crippen LogP contribution >= 0.6 is 11.8 Å². The lowest BCUT2D eigenvalue weighted by atomic mass is 10.2. The minimum atomic E-state index is -4.59. The van der Waals surface area contributed by atoms with Gasteiger partial charge in [0.05, 0.1) is 16.6 Å². The summed E-state index contributed by atoms with van der Waals surface area (Å²) in [5.41, 5.74) is 0.238. The fourth-order valence-corrected chi connectivity index (χ4v) is 2.83. The maximum atomic E-state index is 13.1. The van der Waals surface area contributed by atoms with Crippen molar-refractivity contribution in [1.82, 2.24) is 9.55 Å². The molecule has 2 aromatic rings. The Morgan fingerprint density at radius 1 is 1.48 bits per heavy atom. The van der Waals surface area contributed by atoms with Gasteiger partial charge in [0.2, 0.25) is 5.82 Å². The van der Waals surface area contributed by atoms with Crippen LogP contribution in [0.5, 0.6) is 0 Å².